The van der Waals surface area contributed by atoms with E-state index >= 15 is 0 Å². The molecule has 0 unspecified atom stereocenters. The van der Waals surface area contributed by atoms with Crippen LogP contribution >= 0.6 is 11.8 Å². The summed E-state index contributed by atoms with van der Waals surface area (Å²) in [5, 5.41) is 0.911. The highest BCUT2D eigenvalue weighted by Gasteiger charge is 2.11. The van der Waals surface area contributed by atoms with Crippen LogP contribution in [0.5, 0.6) is 0 Å². The van der Waals surface area contributed by atoms with E-state index in [2.05, 4.69) is 4.98 Å². The number of rotatable bonds is 2. The van der Waals surface area contributed by atoms with Crippen molar-refractivity contribution in [2.24, 2.45) is 0 Å². The van der Waals surface area contributed by atoms with Crippen molar-refractivity contribution >= 4 is 28.6 Å². The number of aromatic nitrogens is 1. The maximum atomic E-state index is 11.4. The Balaban J connectivity index is 2.61. The smallest absolute Gasteiger partial charge is 0.340 e. The molecule has 0 atom stereocenters. The second-order valence-corrected chi connectivity index (χ2v) is 3.99. The number of carbonyl (C=O) groups is 1. The molecule has 0 fully saturated rings. The first-order valence-corrected chi connectivity index (χ1v) is 5.72. The molecule has 1 heterocycles. The van der Waals surface area contributed by atoms with Gasteiger partial charge >= 0.3 is 5.97 Å². The lowest BCUT2D eigenvalue weighted by molar-refractivity contribution is 0.0603. The minimum absolute atomic E-state index is 0.306. The van der Waals surface area contributed by atoms with Crippen LogP contribution in [0.25, 0.3) is 10.9 Å². The highest BCUT2D eigenvalue weighted by atomic mass is 32.2. The van der Waals surface area contributed by atoms with Crippen LogP contribution in [0.2, 0.25) is 0 Å². The molecule has 2 aromatic rings. The topological polar surface area (TPSA) is 42.1 Å². The predicted octanol–water partition coefficient (Wildman–Crippen LogP) is 2.68. The summed E-state index contributed by atoms with van der Waals surface area (Å²) >= 11 is 1.65. The second-order valence-electron chi connectivity index (χ2n) is 3.11. The number of esters is 1. The van der Waals surface area contributed by atoms with Gasteiger partial charge in [0.05, 0.1) is 12.7 Å². The van der Waals surface area contributed by atoms with Gasteiger partial charge in [0, 0.05) is 22.0 Å². The molecule has 1 aromatic carbocycles. The molecular weight excluding hydrogens is 210 g/mol. The molecule has 3 nitrogen and oxygen atoms in total. The molecule has 0 spiro atoms. The highest BCUT2D eigenvalue weighted by Crippen LogP contribution is 2.24. The first-order valence-electron chi connectivity index (χ1n) is 4.49. The number of nitrogens with one attached hydrogen (secondary N) is 1. The summed E-state index contributed by atoms with van der Waals surface area (Å²) in [6, 6.07) is 5.97. The standard InChI is InChI=1S/C11H11NO2S/c1-14-11(13)9-6-12-10-4-3-7(15-2)5-8(9)10/h3-6,12H,1-2H3. The molecule has 0 radical (unpaired) electrons. The zero-order chi connectivity index (χ0) is 10.8. The van der Waals surface area contributed by atoms with Crippen molar-refractivity contribution < 1.29 is 9.53 Å². The van der Waals surface area contributed by atoms with Crippen LogP contribution in [-0.4, -0.2) is 24.3 Å². The molecule has 0 bridgehead atoms. The largest absolute Gasteiger partial charge is 0.465 e. The van der Waals surface area contributed by atoms with Gasteiger partial charge in [0.15, 0.2) is 0 Å². The van der Waals surface area contributed by atoms with Crippen molar-refractivity contribution in [1.82, 2.24) is 4.98 Å². The SMILES string of the molecule is COC(=O)c1c[nH]c2ccc(SC)cc12. The van der Waals surface area contributed by atoms with Crippen molar-refractivity contribution in [3.8, 4) is 0 Å². The number of ether oxygens (including phenoxy) is 1. The van der Waals surface area contributed by atoms with Crippen molar-refractivity contribution in [2.75, 3.05) is 13.4 Å². The predicted molar refractivity (Wildman–Crippen MR) is 61.4 cm³/mol. The minimum atomic E-state index is -0.306. The van der Waals surface area contributed by atoms with Gasteiger partial charge in [-0.3, -0.25) is 0 Å². The first kappa shape index (κ1) is 10.1. The fourth-order valence-corrected chi connectivity index (χ4v) is 1.95. The number of hydrogen-bond donors (Lipinski definition) is 1. The van der Waals surface area contributed by atoms with Crippen LogP contribution in [0.15, 0.2) is 29.3 Å². The summed E-state index contributed by atoms with van der Waals surface area (Å²) in [4.78, 5) is 15.6. The lowest BCUT2D eigenvalue weighted by Gasteiger charge is -1.99. The Kier molecular flexibility index (Phi) is 2.68. The number of H-pyrrole nitrogens is 1. The summed E-state index contributed by atoms with van der Waals surface area (Å²) in [6.07, 6.45) is 3.69. The van der Waals surface area contributed by atoms with Crippen molar-refractivity contribution in [1.29, 1.82) is 0 Å². The van der Waals surface area contributed by atoms with E-state index in [1.165, 1.54) is 7.11 Å². The van der Waals surface area contributed by atoms with E-state index in [0.717, 1.165) is 15.8 Å². The third-order valence-electron chi connectivity index (χ3n) is 2.29. The Morgan fingerprint density at radius 3 is 2.93 bits per heavy atom. The molecule has 1 aromatic heterocycles. The summed E-state index contributed by atoms with van der Waals surface area (Å²) in [7, 11) is 1.39. The average Bonchev–Trinajstić information content (AvgIpc) is 2.70. The number of hydrogen-bond acceptors (Lipinski definition) is 3. The van der Waals surface area contributed by atoms with Gasteiger partial charge in [0.25, 0.3) is 0 Å². The summed E-state index contributed by atoms with van der Waals surface area (Å²) in [6.45, 7) is 0. The minimum Gasteiger partial charge on any atom is -0.465 e. The fraction of sp³-hybridized carbons (Fsp3) is 0.182. The molecule has 1 N–H and O–H groups in total. The van der Waals surface area contributed by atoms with Gasteiger partial charge < -0.3 is 9.72 Å². The monoisotopic (exact) mass is 221 g/mol. The summed E-state index contributed by atoms with van der Waals surface area (Å²) in [5.41, 5.74) is 1.54. The Labute approximate surface area is 91.8 Å². The number of methoxy groups -OCH3 is 1. The maximum absolute atomic E-state index is 11.4. The van der Waals surface area contributed by atoms with E-state index in [9.17, 15) is 4.79 Å². The first-order chi connectivity index (χ1) is 7.26. The van der Waals surface area contributed by atoms with Crippen LogP contribution in [0.4, 0.5) is 0 Å². The molecule has 0 saturated heterocycles. The molecular formula is C11H11NO2S. The third-order valence-corrected chi connectivity index (χ3v) is 3.02. The molecule has 0 aliphatic rings. The van der Waals surface area contributed by atoms with E-state index in [1.807, 2.05) is 24.5 Å². The highest BCUT2D eigenvalue weighted by molar-refractivity contribution is 7.98. The zero-order valence-corrected chi connectivity index (χ0v) is 9.35. The van der Waals surface area contributed by atoms with Gasteiger partial charge in [-0.25, -0.2) is 4.79 Å². The molecule has 0 saturated carbocycles. The summed E-state index contributed by atoms with van der Waals surface area (Å²) in [5.74, 6) is -0.306. The van der Waals surface area contributed by atoms with E-state index in [4.69, 9.17) is 4.74 Å². The van der Waals surface area contributed by atoms with E-state index < -0.39 is 0 Å². The Bertz CT molecular complexity index is 504. The summed E-state index contributed by atoms with van der Waals surface area (Å²) < 4.78 is 4.71. The molecule has 2 rings (SSSR count). The van der Waals surface area contributed by atoms with E-state index in [1.54, 1.807) is 18.0 Å². The molecule has 0 aliphatic heterocycles. The quantitative estimate of drug-likeness (QED) is 0.626. The number of thioether (sulfide) groups is 1. The van der Waals surface area contributed by atoms with Crippen molar-refractivity contribution in [3.63, 3.8) is 0 Å². The van der Waals surface area contributed by atoms with Crippen LogP contribution in [-0.2, 0) is 4.74 Å². The molecule has 78 valence electrons. The average molecular weight is 221 g/mol. The zero-order valence-electron chi connectivity index (χ0n) is 8.53. The van der Waals surface area contributed by atoms with E-state index in [-0.39, 0.29) is 5.97 Å². The van der Waals surface area contributed by atoms with Crippen molar-refractivity contribution in [2.45, 2.75) is 4.90 Å². The van der Waals surface area contributed by atoms with Crippen molar-refractivity contribution in [3.05, 3.63) is 30.0 Å². The van der Waals surface area contributed by atoms with Crippen LogP contribution in [0.3, 0.4) is 0 Å². The molecule has 15 heavy (non-hydrogen) atoms. The molecule has 0 amide bonds. The molecule has 0 aliphatic carbocycles. The lowest BCUT2D eigenvalue weighted by atomic mass is 10.2. The normalized spacial score (nSPS) is 10.5. The number of aromatic amines is 1. The molecule has 4 heteroatoms. The number of fused-ring (bicyclic) bond motifs is 1. The van der Waals surface area contributed by atoms with Gasteiger partial charge in [0.2, 0.25) is 0 Å². The maximum Gasteiger partial charge on any atom is 0.340 e. The Morgan fingerprint density at radius 2 is 2.27 bits per heavy atom. The van der Waals surface area contributed by atoms with Gasteiger partial charge in [0.1, 0.15) is 0 Å². The van der Waals surface area contributed by atoms with E-state index in [0.29, 0.717) is 5.56 Å². The second kappa shape index (κ2) is 3.98. The van der Waals surface area contributed by atoms with Gasteiger partial charge in [-0.05, 0) is 24.5 Å². The van der Waals surface area contributed by atoms with Crippen LogP contribution in [0.1, 0.15) is 10.4 Å². The third kappa shape index (κ3) is 1.72. The van der Waals surface area contributed by atoms with Gasteiger partial charge in [-0.2, -0.15) is 0 Å². The van der Waals surface area contributed by atoms with Gasteiger partial charge in [-0.15, -0.1) is 11.8 Å². The lowest BCUT2D eigenvalue weighted by Crippen LogP contribution is -1.99. The number of benzene rings is 1. The van der Waals surface area contributed by atoms with Crippen LogP contribution in [0, 0.1) is 0 Å². The van der Waals surface area contributed by atoms with Crippen LogP contribution < -0.4 is 0 Å². The number of carbonyl (C=O) groups excluding carboxylic acids is 1. The Hall–Kier alpha value is -1.42. The van der Waals surface area contributed by atoms with Gasteiger partial charge in [-0.1, -0.05) is 0 Å². The fourth-order valence-electron chi connectivity index (χ4n) is 1.51. The Morgan fingerprint density at radius 1 is 1.47 bits per heavy atom.